The van der Waals surface area contributed by atoms with Gasteiger partial charge in [0.15, 0.2) is 11.9 Å². The minimum Gasteiger partial charge on any atom is -0.354 e. The molecule has 0 bridgehead atoms. The fourth-order valence-corrected chi connectivity index (χ4v) is 6.17. The zero-order chi connectivity index (χ0) is 32.5. The minimum atomic E-state index is -4.16. The van der Waals surface area contributed by atoms with Gasteiger partial charge in [-0.3, -0.25) is 32.7 Å². The number of phosphoric acid groups is 1. The first-order valence-electron chi connectivity index (χ1n) is 15.4. The Labute approximate surface area is 263 Å². The molecular weight excluding hydrogens is 604 g/mol. The van der Waals surface area contributed by atoms with Crippen molar-refractivity contribution in [1.82, 2.24) is 14.9 Å². The summed E-state index contributed by atoms with van der Waals surface area (Å²) in [6.07, 6.45) is 25.3. The van der Waals surface area contributed by atoms with Gasteiger partial charge in [-0.1, -0.05) is 67.7 Å². The molecule has 1 unspecified atom stereocenters. The number of hydrogen-bond acceptors (Lipinski definition) is 8. The number of rotatable bonds is 18. The topological polar surface area (TPSA) is 138 Å². The lowest BCUT2D eigenvalue weighted by atomic mass is 9.98. The number of carbonyl (C=O) groups is 1. The van der Waals surface area contributed by atoms with Crippen LogP contribution < -0.4 is 16.6 Å². The van der Waals surface area contributed by atoms with Crippen molar-refractivity contribution >= 4 is 13.7 Å². The summed E-state index contributed by atoms with van der Waals surface area (Å²) in [4.78, 5) is 37.7. The van der Waals surface area contributed by atoms with E-state index in [1.54, 1.807) is 0 Å². The molecule has 13 heteroatoms. The van der Waals surface area contributed by atoms with E-state index in [9.17, 15) is 18.9 Å². The first-order chi connectivity index (χ1) is 21.7. The van der Waals surface area contributed by atoms with E-state index < -0.39 is 43.2 Å². The number of phosphoric ester groups is 1. The van der Waals surface area contributed by atoms with Gasteiger partial charge >= 0.3 is 13.5 Å². The van der Waals surface area contributed by atoms with Gasteiger partial charge in [-0.2, -0.15) is 0 Å². The molecule has 5 atom stereocenters. The average molecular weight is 650 g/mol. The molecule has 0 radical (unpaired) electrons. The molecule has 2 aliphatic rings. The Bertz CT molecular complexity index is 1400. The number of hydrogen-bond donors (Lipinski definition) is 2. The Kier molecular flexibility index (Phi) is 15.1. The molecule has 0 aromatic carbocycles. The third kappa shape index (κ3) is 11.9. The second-order valence-corrected chi connectivity index (χ2v) is 12.4. The maximum absolute atomic E-state index is 15.8. The Morgan fingerprint density at radius 1 is 1.09 bits per heavy atom. The Hall–Kier alpha value is -3.15. The van der Waals surface area contributed by atoms with Crippen LogP contribution in [0.3, 0.4) is 0 Å². The molecule has 0 aliphatic carbocycles. The van der Waals surface area contributed by atoms with Gasteiger partial charge < -0.3 is 10.1 Å². The highest BCUT2D eigenvalue weighted by Crippen LogP contribution is 2.59. The summed E-state index contributed by atoms with van der Waals surface area (Å²) in [6.45, 7) is 2.86. The average Bonchev–Trinajstić information content (AvgIpc) is 3.26. The molecule has 1 aromatic heterocycles. The van der Waals surface area contributed by atoms with Crippen LogP contribution in [-0.2, 0) is 27.7 Å². The molecule has 2 fully saturated rings. The second kappa shape index (κ2) is 18.7. The summed E-state index contributed by atoms with van der Waals surface area (Å²) in [5.41, 5.74) is -3.79. The Morgan fingerprint density at radius 2 is 1.71 bits per heavy atom. The number of nitrogens with zero attached hydrogens (tertiary/aromatic N) is 1. The monoisotopic (exact) mass is 649 g/mol. The lowest BCUT2D eigenvalue weighted by molar-refractivity contribution is -0.121. The van der Waals surface area contributed by atoms with Crippen LogP contribution in [0.4, 0.5) is 4.39 Å². The van der Waals surface area contributed by atoms with E-state index in [-0.39, 0.29) is 25.7 Å². The van der Waals surface area contributed by atoms with Gasteiger partial charge in [0, 0.05) is 25.2 Å². The van der Waals surface area contributed by atoms with Crippen molar-refractivity contribution in [3.8, 4) is 0 Å². The number of nitrogens with one attached hydrogen (secondary N) is 2. The van der Waals surface area contributed by atoms with Crippen LogP contribution >= 0.6 is 7.82 Å². The lowest BCUT2D eigenvalue weighted by Crippen LogP contribution is -2.46. The molecule has 3 heterocycles. The standard InChI is InChI=1S/C32H45FN3O8P/c1-3-4-5-6-7-8-9-10-11-12-13-14-15-16-17-18-19-20-27(37)34-22-24-41-45(40)42-25-26-29(44-45)32(2,33)30(43-26)36-23-21-28(38)35-31(36)39/h4-5,7-8,10-11,13-14,16-17,21,23,26,29-30H,3,6,9,12,15,18-20,22,24-25H2,1-2H3,(H,34,37)(H,35,38,39)/t26-,29-,30-,32-,45?/m1/s1. The second-order valence-electron chi connectivity index (χ2n) is 10.7. The van der Waals surface area contributed by atoms with Crippen LogP contribution in [-0.4, -0.2) is 53.1 Å². The summed E-state index contributed by atoms with van der Waals surface area (Å²) in [5, 5.41) is 2.69. The van der Waals surface area contributed by atoms with Gasteiger partial charge in [0.2, 0.25) is 5.91 Å². The zero-order valence-corrected chi connectivity index (χ0v) is 26.9. The SMILES string of the molecule is CCC=CCC=CCC=CCC=CCC=CCCCC(=O)NCCOP1(=O)OC[C@H]2O[C@@H](n3ccc(=O)[nH]c3=O)[C@](C)(F)[C@@H]2O1. The van der Waals surface area contributed by atoms with Crippen molar-refractivity contribution in [3.63, 3.8) is 0 Å². The van der Waals surface area contributed by atoms with Crippen LogP contribution in [0.1, 0.15) is 71.4 Å². The van der Waals surface area contributed by atoms with Crippen molar-refractivity contribution in [1.29, 1.82) is 0 Å². The number of halogens is 1. The molecule has 45 heavy (non-hydrogen) atoms. The van der Waals surface area contributed by atoms with E-state index in [4.69, 9.17) is 18.3 Å². The fourth-order valence-electron chi connectivity index (χ4n) is 4.71. The highest BCUT2D eigenvalue weighted by molar-refractivity contribution is 7.48. The van der Waals surface area contributed by atoms with Gasteiger partial charge in [-0.05, 0) is 51.9 Å². The first-order valence-corrected chi connectivity index (χ1v) is 16.9. The molecule has 1 aromatic rings. The molecule has 2 saturated heterocycles. The molecule has 248 valence electrons. The highest BCUT2D eigenvalue weighted by Gasteiger charge is 2.61. The number of allylic oxidation sites excluding steroid dienone is 10. The summed E-state index contributed by atoms with van der Waals surface area (Å²) in [5.74, 6) is -0.176. The first kappa shape index (κ1) is 36.3. The number of unbranched alkanes of at least 4 members (excludes halogenated alkanes) is 1. The summed E-state index contributed by atoms with van der Waals surface area (Å²) >= 11 is 0. The number of alkyl halides is 1. The molecule has 0 spiro atoms. The maximum atomic E-state index is 15.8. The molecule has 0 saturated carbocycles. The van der Waals surface area contributed by atoms with Crippen LogP contribution in [0.5, 0.6) is 0 Å². The Balaban J connectivity index is 1.26. The number of H-pyrrole nitrogens is 1. The predicted molar refractivity (Wildman–Crippen MR) is 170 cm³/mol. The van der Waals surface area contributed by atoms with Gasteiger partial charge in [-0.15, -0.1) is 0 Å². The number of amides is 1. The van der Waals surface area contributed by atoms with Crippen LogP contribution in [0.25, 0.3) is 0 Å². The highest BCUT2D eigenvalue weighted by atomic mass is 31.2. The van der Waals surface area contributed by atoms with E-state index in [0.717, 1.165) is 62.3 Å². The van der Waals surface area contributed by atoms with E-state index in [2.05, 4.69) is 73.0 Å². The molecule has 2 aliphatic heterocycles. The van der Waals surface area contributed by atoms with Crippen molar-refractivity contribution in [3.05, 3.63) is 93.9 Å². The smallest absolute Gasteiger partial charge is 0.354 e. The largest absolute Gasteiger partial charge is 0.475 e. The summed E-state index contributed by atoms with van der Waals surface area (Å²) in [6, 6.07) is 1.06. The number of aromatic nitrogens is 2. The molecule has 3 rings (SSSR count). The lowest BCUT2D eigenvalue weighted by Gasteiger charge is -2.33. The fraction of sp³-hybridized carbons (Fsp3) is 0.531. The van der Waals surface area contributed by atoms with E-state index >= 15 is 4.39 Å². The van der Waals surface area contributed by atoms with Crippen molar-refractivity contribution in [2.24, 2.45) is 0 Å². The molecule has 11 nitrogen and oxygen atoms in total. The van der Waals surface area contributed by atoms with Gasteiger partial charge in [-0.25, -0.2) is 13.8 Å². The van der Waals surface area contributed by atoms with Gasteiger partial charge in [0.25, 0.3) is 5.56 Å². The van der Waals surface area contributed by atoms with E-state index in [1.807, 2.05) is 4.98 Å². The van der Waals surface area contributed by atoms with E-state index in [0.29, 0.717) is 12.8 Å². The molecular formula is C32H45FN3O8P. The minimum absolute atomic E-state index is 0.0596. The van der Waals surface area contributed by atoms with Crippen molar-refractivity contribution < 1.29 is 32.1 Å². The van der Waals surface area contributed by atoms with E-state index in [1.165, 1.54) is 0 Å². The molecule has 2 N–H and O–H groups in total. The third-order valence-corrected chi connectivity index (χ3v) is 8.48. The van der Waals surface area contributed by atoms with Crippen LogP contribution in [0.2, 0.25) is 0 Å². The quantitative estimate of drug-likeness (QED) is 0.117. The maximum Gasteiger partial charge on any atom is 0.475 e. The number of carbonyl (C=O) groups excluding carboxylic acids is 1. The van der Waals surface area contributed by atoms with Crippen LogP contribution in [0.15, 0.2) is 82.6 Å². The molecule has 1 amide bonds. The van der Waals surface area contributed by atoms with Gasteiger partial charge in [0.1, 0.15) is 12.2 Å². The summed E-state index contributed by atoms with van der Waals surface area (Å²) < 4.78 is 51.1. The number of ether oxygens (including phenoxy) is 1. The van der Waals surface area contributed by atoms with Crippen molar-refractivity contribution in [2.75, 3.05) is 19.8 Å². The normalized spacial score (nSPS) is 27.0. The third-order valence-electron chi connectivity index (χ3n) is 7.03. The Morgan fingerprint density at radius 3 is 2.33 bits per heavy atom. The van der Waals surface area contributed by atoms with Crippen molar-refractivity contribution in [2.45, 2.75) is 89.3 Å². The predicted octanol–water partition coefficient (Wildman–Crippen LogP) is 5.74. The zero-order valence-electron chi connectivity index (χ0n) is 26.0. The van der Waals surface area contributed by atoms with Crippen LogP contribution in [0, 0.1) is 0 Å². The summed E-state index contributed by atoms with van der Waals surface area (Å²) in [7, 11) is -4.16. The van der Waals surface area contributed by atoms with Gasteiger partial charge in [0.05, 0.1) is 13.2 Å². The number of fused-ring (bicyclic) bond motifs is 1. The number of aromatic amines is 1.